The van der Waals surface area contributed by atoms with E-state index in [0.717, 1.165) is 5.56 Å². The van der Waals surface area contributed by atoms with E-state index in [2.05, 4.69) is 4.99 Å². The molecule has 0 aromatic heterocycles. The highest BCUT2D eigenvalue weighted by Gasteiger charge is 2.25. The summed E-state index contributed by atoms with van der Waals surface area (Å²) in [6.07, 6.45) is 1.54. The largest absolute Gasteiger partial charge is 0.454 e. The number of aliphatic imine (C=N–C) groups is 1. The molecule has 32 heavy (non-hydrogen) atoms. The predicted molar refractivity (Wildman–Crippen MR) is 116 cm³/mol. The lowest BCUT2D eigenvalue weighted by Crippen LogP contribution is -2.09. The molecule has 7 nitrogen and oxygen atoms in total. The topological polar surface area (TPSA) is 83.4 Å². The number of hydrogen-bond donors (Lipinski definition) is 0. The molecule has 0 saturated heterocycles. The van der Waals surface area contributed by atoms with Crippen LogP contribution in [-0.2, 0) is 9.53 Å². The van der Waals surface area contributed by atoms with Gasteiger partial charge in [0.1, 0.15) is 5.75 Å². The van der Waals surface area contributed by atoms with Crippen LogP contribution < -0.4 is 14.2 Å². The van der Waals surface area contributed by atoms with E-state index in [1.165, 1.54) is 6.08 Å². The third kappa shape index (κ3) is 3.83. The summed E-state index contributed by atoms with van der Waals surface area (Å²) < 4.78 is 21.5. The van der Waals surface area contributed by atoms with Gasteiger partial charge in [-0.3, -0.25) is 0 Å². The molecule has 158 valence electrons. The number of aryl methyl sites for hydroxylation is 1. The molecule has 0 spiro atoms. The maximum atomic E-state index is 12.7. The molecule has 0 N–H and O–H groups in total. The molecule has 3 aromatic carbocycles. The van der Waals surface area contributed by atoms with E-state index < -0.39 is 11.9 Å². The molecule has 0 atom stereocenters. The van der Waals surface area contributed by atoms with Crippen LogP contribution in [0, 0.1) is 6.92 Å². The van der Waals surface area contributed by atoms with Crippen LogP contribution in [0.4, 0.5) is 0 Å². The first-order valence-corrected chi connectivity index (χ1v) is 9.87. The Kier molecular flexibility index (Phi) is 4.91. The van der Waals surface area contributed by atoms with Gasteiger partial charge in [0, 0.05) is 11.1 Å². The highest BCUT2D eigenvalue weighted by molar-refractivity contribution is 6.13. The molecule has 7 heteroatoms. The zero-order chi connectivity index (χ0) is 22.1. The van der Waals surface area contributed by atoms with Crippen molar-refractivity contribution in [3.63, 3.8) is 0 Å². The Morgan fingerprint density at radius 2 is 1.84 bits per heavy atom. The first-order chi connectivity index (χ1) is 15.6. The molecule has 0 amide bonds. The van der Waals surface area contributed by atoms with Crippen molar-refractivity contribution < 1.29 is 28.5 Å². The van der Waals surface area contributed by atoms with E-state index in [9.17, 15) is 9.59 Å². The molecular weight excluding hydrogens is 410 g/mol. The SMILES string of the molecule is Cc1cccc(C2=N/C(=C\c3ccccc3OC(=O)c3ccc4c(c3)OCO4)C(=O)O2)c1. The first-order valence-electron chi connectivity index (χ1n) is 9.87. The van der Waals surface area contributed by atoms with Crippen molar-refractivity contribution in [1.82, 2.24) is 0 Å². The van der Waals surface area contributed by atoms with Gasteiger partial charge in [0.2, 0.25) is 12.7 Å². The number of ether oxygens (including phenoxy) is 4. The van der Waals surface area contributed by atoms with Crippen LogP contribution in [-0.4, -0.2) is 24.6 Å². The Labute approximate surface area is 183 Å². The molecule has 5 rings (SSSR count). The van der Waals surface area contributed by atoms with Gasteiger partial charge in [0.25, 0.3) is 0 Å². The van der Waals surface area contributed by atoms with Gasteiger partial charge in [0.05, 0.1) is 5.56 Å². The summed E-state index contributed by atoms with van der Waals surface area (Å²) in [5.74, 6) is 0.454. The molecule has 0 fully saturated rings. The monoisotopic (exact) mass is 427 g/mol. The minimum Gasteiger partial charge on any atom is -0.454 e. The Bertz CT molecular complexity index is 1310. The third-order valence-corrected chi connectivity index (χ3v) is 4.91. The van der Waals surface area contributed by atoms with Gasteiger partial charge in [-0.25, -0.2) is 14.6 Å². The second-order valence-electron chi connectivity index (χ2n) is 7.20. The lowest BCUT2D eigenvalue weighted by Gasteiger charge is -2.08. The number of benzene rings is 3. The fourth-order valence-electron chi connectivity index (χ4n) is 3.33. The third-order valence-electron chi connectivity index (χ3n) is 4.91. The summed E-state index contributed by atoms with van der Waals surface area (Å²) in [7, 11) is 0. The number of esters is 2. The number of carbonyl (C=O) groups is 2. The molecular formula is C25H17NO6. The van der Waals surface area contributed by atoms with Crippen molar-refractivity contribution in [1.29, 1.82) is 0 Å². The molecule has 2 aliphatic rings. The first kappa shape index (κ1) is 19.6. The summed E-state index contributed by atoms with van der Waals surface area (Å²) >= 11 is 0. The number of nitrogens with zero attached hydrogens (tertiary/aromatic N) is 1. The van der Waals surface area contributed by atoms with Crippen LogP contribution >= 0.6 is 0 Å². The maximum Gasteiger partial charge on any atom is 0.363 e. The van der Waals surface area contributed by atoms with E-state index in [0.29, 0.717) is 28.2 Å². The number of hydrogen-bond acceptors (Lipinski definition) is 7. The zero-order valence-corrected chi connectivity index (χ0v) is 17.0. The van der Waals surface area contributed by atoms with Crippen molar-refractivity contribution in [2.75, 3.05) is 6.79 Å². The molecule has 0 bridgehead atoms. The lowest BCUT2D eigenvalue weighted by atomic mass is 10.1. The van der Waals surface area contributed by atoms with Crippen LogP contribution in [0.15, 0.2) is 77.4 Å². The Morgan fingerprint density at radius 1 is 1.00 bits per heavy atom. The lowest BCUT2D eigenvalue weighted by molar-refractivity contribution is -0.129. The van der Waals surface area contributed by atoms with Gasteiger partial charge in [-0.1, -0.05) is 35.9 Å². The van der Waals surface area contributed by atoms with Crippen molar-refractivity contribution in [3.05, 3.63) is 94.7 Å². The van der Waals surface area contributed by atoms with E-state index in [4.69, 9.17) is 18.9 Å². The Balaban J connectivity index is 1.41. The normalized spacial score (nSPS) is 15.5. The summed E-state index contributed by atoms with van der Waals surface area (Å²) in [6.45, 7) is 2.06. The maximum absolute atomic E-state index is 12.7. The summed E-state index contributed by atoms with van der Waals surface area (Å²) in [5, 5.41) is 0. The van der Waals surface area contributed by atoms with Crippen LogP contribution in [0.3, 0.4) is 0 Å². The van der Waals surface area contributed by atoms with Crippen LogP contribution in [0.5, 0.6) is 17.2 Å². The minimum atomic E-state index is -0.571. The van der Waals surface area contributed by atoms with E-state index >= 15 is 0 Å². The average molecular weight is 427 g/mol. The quantitative estimate of drug-likeness (QED) is 0.351. The zero-order valence-electron chi connectivity index (χ0n) is 17.0. The predicted octanol–water partition coefficient (Wildman–Crippen LogP) is 4.29. The van der Waals surface area contributed by atoms with Crippen LogP contribution in [0.2, 0.25) is 0 Å². The highest BCUT2D eigenvalue weighted by Crippen LogP contribution is 2.33. The standard InChI is InChI=1S/C25H17NO6/c1-15-5-4-7-17(11-15)23-26-19(25(28)32-23)12-16-6-2-3-8-20(16)31-24(27)18-9-10-21-22(13-18)30-14-29-21/h2-13H,14H2,1H3/b19-12-. The second-order valence-corrected chi connectivity index (χ2v) is 7.20. The second kappa shape index (κ2) is 8.03. The van der Waals surface area contributed by atoms with E-state index in [-0.39, 0.29) is 24.1 Å². The van der Waals surface area contributed by atoms with Gasteiger partial charge in [-0.2, -0.15) is 0 Å². The van der Waals surface area contributed by atoms with Crippen LogP contribution in [0.25, 0.3) is 6.08 Å². The molecule has 0 unspecified atom stereocenters. The van der Waals surface area contributed by atoms with Crippen LogP contribution in [0.1, 0.15) is 27.0 Å². The van der Waals surface area contributed by atoms with Crippen molar-refractivity contribution in [2.45, 2.75) is 6.92 Å². The van der Waals surface area contributed by atoms with Gasteiger partial charge >= 0.3 is 11.9 Å². The molecule has 2 heterocycles. The van der Waals surface area contributed by atoms with Gasteiger partial charge in [-0.05, 0) is 49.4 Å². The number of cyclic esters (lactones) is 1. The fourth-order valence-corrected chi connectivity index (χ4v) is 3.33. The molecule has 3 aromatic rings. The van der Waals surface area contributed by atoms with E-state index in [1.807, 2.05) is 31.2 Å². The molecule has 0 aliphatic carbocycles. The smallest absolute Gasteiger partial charge is 0.363 e. The van der Waals surface area contributed by atoms with Crippen molar-refractivity contribution in [2.24, 2.45) is 4.99 Å². The van der Waals surface area contributed by atoms with Gasteiger partial charge < -0.3 is 18.9 Å². The minimum absolute atomic E-state index is 0.116. The fraction of sp³-hybridized carbons (Fsp3) is 0.0800. The number of fused-ring (bicyclic) bond motifs is 1. The average Bonchev–Trinajstić information content (AvgIpc) is 3.41. The Morgan fingerprint density at radius 3 is 2.72 bits per heavy atom. The molecule has 0 saturated carbocycles. The van der Waals surface area contributed by atoms with Gasteiger partial charge in [-0.15, -0.1) is 0 Å². The highest BCUT2D eigenvalue weighted by atomic mass is 16.7. The molecule has 2 aliphatic heterocycles. The van der Waals surface area contributed by atoms with E-state index in [1.54, 1.807) is 42.5 Å². The number of para-hydroxylation sites is 1. The Hall–Kier alpha value is -4.39. The van der Waals surface area contributed by atoms with Crippen molar-refractivity contribution in [3.8, 4) is 17.2 Å². The molecule has 0 radical (unpaired) electrons. The number of rotatable bonds is 4. The van der Waals surface area contributed by atoms with Gasteiger partial charge in [0.15, 0.2) is 17.2 Å². The summed E-state index contributed by atoms with van der Waals surface area (Å²) in [6, 6.07) is 19.2. The number of carbonyl (C=O) groups excluding carboxylic acids is 2. The summed E-state index contributed by atoms with van der Waals surface area (Å²) in [4.78, 5) is 29.4. The van der Waals surface area contributed by atoms with Crippen molar-refractivity contribution >= 4 is 23.9 Å². The summed E-state index contributed by atoms with van der Waals surface area (Å²) in [5.41, 5.74) is 2.69.